The minimum atomic E-state index is -2.92. The molecule has 1 aliphatic heterocycles. The van der Waals surface area contributed by atoms with Gasteiger partial charge in [-0.3, -0.25) is 10.1 Å². The minimum Gasteiger partial charge on any atom is -0.496 e. The van der Waals surface area contributed by atoms with Crippen molar-refractivity contribution >= 4 is 21.2 Å². The van der Waals surface area contributed by atoms with Crippen molar-refractivity contribution in [2.75, 3.05) is 23.9 Å². The summed E-state index contributed by atoms with van der Waals surface area (Å²) in [6.45, 7) is 0. The molecule has 0 spiro atoms. The van der Waals surface area contributed by atoms with Crippen LogP contribution in [0.25, 0.3) is 0 Å². The molecular formula is C12H16N2O5S. The van der Waals surface area contributed by atoms with E-state index < -0.39 is 14.8 Å². The van der Waals surface area contributed by atoms with Crippen molar-refractivity contribution in [1.29, 1.82) is 0 Å². The molecule has 0 saturated carbocycles. The average Bonchev–Trinajstić information content (AvgIpc) is 2.41. The topological polar surface area (TPSA) is 98.5 Å². The van der Waals surface area contributed by atoms with Crippen LogP contribution in [0.1, 0.15) is 12.8 Å². The Morgan fingerprint density at radius 2 is 1.95 bits per heavy atom. The number of sulfone groups is 1. The average molecular weight is 300 g/mol. The number of ether oxygens (including phenoxy) is 1. The van der Waals surface area contributed by atoms with Crippen molar-refractivity contribution in [3.63, 3.8) is 0 Å². The van der Waals surface area contributed by atoms with E-state index in [1.165, 1.54) is 19.2 Å². The van der Waals surface area contributed by atoms with E-state index in [9.17, 15) is 18.5 Å². The van der Waals surface area contributed by atoms with E-state index in [0.29, 0.717) is 24.3 Å². The third-order valence-electron chi connectivity index (χ3n) is 3.26. The Labute approximate surface area is 117 Å². The standard InChI is InChI=1S/C12H16N2O5S/c1-19-12-7-10(6-11(8-12)14(15)16)13-9-2-4-20(17,18)5-3-9/h6-9,13H,2-5H2,1H3. The maximum absolute atomic E-state index is 11.4. The summed E-state index contributed by atoms with van der Waals surface area (Å²) >= 11 is 0. The number of non-ortho nitro benzene ring substituents is 1. The van der Waals surface area contributed by atoms with Gasteiger partial charge in [0.25, 0.3) is 5.69 Å². The van der Waals surface area contributed by atoms with Gasteiger partial charge in [-0.2, -0.15) is 0 Å². The normalized spacial score (nSPS) is 18.4. The van der Waals surface area contributed by atoms with Gasteiger partial charge in [-0.1, -0.05) is 0 Å². The second-order valence-electron chi connectivity index (χ2n) is 4.75. The second kappa shape index (κ2) is 5.66. The van der Waals surface area contributed by atoms with E-state index in [-0.39, 0.29) is 23.2 Å². The molecule has 1 aromatic carbocycles. The van der Waals surface area contributed by atoms with Crippen molar-refractivity contribution < 1.29 is 18.1 Å². The number of hydrogen-bond acceptors (Lipinski definition) is 6. The Hall–Kier alpha value is -1.83. The number of methoxy groups -OCH3 is 1. The number of benzene rings is 1. The molecule has 0 aromatic heterocycles. The molecular weight excluding hydrogens is 284 g/mol. The fraction of sp³-hybridized carbons (Fsp3) is 0.500. The van der Waals surface area contributed by atoms with Gasteiger partial charge < -0.3 is 10.1 Å². The van der Waals surface area contributed by atoms with Crippen molar-refractivity contribution in [1.82, 2.24) is 0 Å². The molecule has 8 heteroatoms. The van der Waals surface area contributed by atoms with Gasteiger partial charge >= 0.3 is 0 Å². The predicted molar refractivity (Wildman–Crippen MR) is 74.9 cm³/mol. The molecule has 0 aliphatic carbocycles. The van der Waals surface area contributed by atoms with E-state index in [0.717, 1.165) is 0 Å². The molecule has 1 N–H and O–H groups in total. The van der Waals surface area contributed by atoms with E-state index in [2.05, 4.69) is 5.32 Å². The molecule has 0 unspecified atom stereocenters. The van der Waals surface area contributed by atoms with Crippen molar-refractivity contribution in [3.8, 4) is 5.75 Å². The van der Waals surface area contributed by atoms with Gasteiger partial charge in [-0.15, -0.1) is 0 Å². The van der Waals surface area contributed by atoms with Crippen LogP contribution < -0.4 is 10.1 Å². The molecule has 0 atom stereocenters. The lowest BCUT2D eigenvalue weighted by Gasteiger charge is -2.24. The third kappa shape index (κ3) is 3.60. The zero-order valence-electron chi connectivity index (χ0n) is 11.0. The van der Waals surface area contributed by atoms with Crippen LogP contribution in [0.5, 0.6) is 5.75 Å². The Morgan fingerprint density at radius 3 is 2.50 bits per heavy atom. The first-order valence-electron chi connectivity index (χ1n) is 6.20. The summed E-state index contributed by atoms with van der Waals surface area (Å²) in [5.74, 6) is 0.693. The van der Waals surface area contributed by atoms with E-state index in [4.69, 9.17) is 4.74 Å². The third-order valence-corrected chi connectivity index (χ3v) is 4.98. The van der Waals surface area contributed by atoms with Crippen LogP contribution in [0.15, 0.2) is 18.2 Å². The van der Waals surface area contributed by atoms with Gasteiger partial charge in [0.05, 0.1) is 29.6 Å². The van der Waals surface area contributed by atoms with Gasteiger partial charge in [-0.05, 0) is 12.8 Å². The highest BCUT2D eigenvalue weighted by Gasteiger charge is 2.24. The number of nitrogens with zero attached hydrogens (tertiary/aromatic N) is 1. The van der Waals surface area contributed by atoms with Crippen LogP contribution in [-0.2, 0) is 9.84 Å². The first-order chi connectivity index (χ1) is 9.39. The molecule has 7 nitrogen and oxygen atoms in total. The first-order valence-corrected chi connectivity index (χ1v) is 8.02. The molecule has 2 rings (SSSR count). The van der Waals surface area contributed by atoms with E-state index in [1.807, 2.05) is 0 Å². The SMILES string of the molecule is COc1cc(NC2CCS(=O)(=O)CC2)cc([N+](=O)[O-])c1. The summed E-state index contributed by atoms with van der Waals surface area (Å²) in [5.41, 5.74) is 0.510. The molecule has 20 heavy (non-hydrogen) atoms. The van der Waals surface area contributed by atoms with Gasteiger partial charge in [0.2, 0.25) is 0 Å². The van der Waals surface area contributed by atoms with Gasteiger partial charge in [0, 0.05) is 23.9 Å². The van der Waals surface area contributed by atoms with Gasteiger partial charge in [-0.25, -0.2) is 8.42 Å². The Kier molecular flexibility index (Phi) is 4.12. The summed E-state index contributed by atoms with van der Waals surface area (Å²) in [7, 11) is -1.47. The molecule has 1 saturated heterocycles. The number of hydrogen-bond donors (Lipinski definition) is 1. The fourth-order valence-electron chi connectivity index (χ4n) is 2.16. The van der Waals surface area contributed by atoms with Crippen LogP contribution >= 0.6 is 0 Å². The van der Waals surface area contributed by atoms with Crippen molar-refractivity contribution in [2.24, 2.45) is 0 Å². The Morgan fingerprint density at radius 1 is 1.30 bits per heavy atom. The minimum absolute atomic E-state index is 0.00485. The Bertz CT molecular complexity index is 600. The number of rotatable bonds is 4. The van der Waals surface area contributed by atoms with Crippen LogP contribution in [0.2, 0.25) is 0 Å². The molecule has 0 radical (unpaired) electrons. The number of nitro benzene ring substituents is 1. The van der Waals surface area contributed by atoms with Gasteiger partial charge in [0.15, 0.2) is 0 Å². The maximum atomic E-state index is 11.4. The predicted octanol–water partition coefficient (Wildman–Crippen LogP) is 1.59. The molecule has 1 aliphatic rings. The van der Waals surface area contributed by atoms with Crippen LogP contribution in [-0.4, -0.2) is 38.0 Å². The summed E-state index contributed by atoms with van der Waals surface area (Å²) < 4.78 is 27.7. The monoisotopic (exact) mass is 300 g/mol. The zero-order chi connectivity index (χ0) is 14.8. The number of anilines is 1. The molecule has 0 amide bonds. The highest BCUT2D eigenvalue weighted by atomic mass is 32.2. The molecule has 110 valence electrons. The highest BCUT2D eigenvalue weighted by Crippen LogP contribution is 2.27. The molecule has 1 fully saturated rings. The van der Waals surface area contributed by atoms with Crippen LogP contribution in [0, 0.1) is 10.1 Å². The fourth-order valence-corrected chi connectivity index (χ4v) is 3.65. The maximum Gasteiger partial charge on any atom is 0.275 e. The zero-order valence-corrected chi connectivity index (χ0v) is 11.9. The number of nitrogens with one attached hydrogen (secondary N) is 1. The van der Waals surface area contributed by atoms with Crippen LogP contribution in [0.4, 0.5) is 11.4 Å². The van der Waals surface area contributed by atoms with E-state index in [1.54, 1.807) is 6.07 Å². The lowest BCUT2D eigenvalue weighted by atomic mass is 10.1. The van der Waals surface area contributed by atoms with Gasteiger partial charge in [0.1, 0.15) is 15.6 Å². The quantitative estimate of drug-likeness (QED) is 0.669. The van der Waals surface area contributed by atoms with E-state index >= 15 is 0 Å². The molecule has 1 aromatic rings. The van der Waals surface area contributed by atoms with Crippen LogP contribution in [0.3, 0.4) is 0 Å². The molecule has 1 heterocycles. The Balaban J connectivity index is 2.13. The lowest BCUT2D eigenvalue weighted by molar-refractivity contribution is -0.384. The smallest absolute Gasteiger partial charge is 0.275 e. The summed E-state index contributed by atoms with van der Waals surface area (Å²) in [6, 6.07) is 4.43. The van der Waals surface area contributed by atoms with Crippen molar-refractivity contribution in [2.45, 2.75) is 18.9 Å². The first kappa shape index (κ1) is 14.6. The summed E-state index contributed by atoms with van der Waals surface area (Å²) in [6.07, 6.45) is 1.01. The second-order valence-corrected chi connectivity index (χ2v) is 7.05. The summed E-state index contributed by atoms with van der Waals surface area (Å²) in [5, 5.41) is 14.0. The largest absolute Gasteiger partial charge is 0.496 e. The lowest BCUT2D eigenvalue weighted by Crippen LogP contribution is -2.32. The number of nitro groups is 1. The summed E-state index contributed by atoms with van der Waals surface area (Å²) in [4.78, 5) is 10.4. The highest BCUT2D eigenvalue weighted by molar-refractivity contribution is 7.91. The van der Waals surface area contributed by atoms with Crippen molar-refractivity contribution in [3.05, 3.63) is 28.3 Å². The molecule has 0 bridgehead atoms.